The Hall–Kier alpha value is -1.91. The molecular weight excluding hydrogens is 244 g/mol. The van der Waals surface area contributed by atoms with E-state index in [-0.39, 0.29) is 18.2 Å². The lowest BCUT2D eigenvalue weighted by molar-refractivity contribution is -0.695. The molecule has 5 nitrogen and oxygen atoms in total. The van der Waals surface area contributed by atoms with Crippen molar-refractivity contribution in [2.75, 3.05) is 0 Å². The lowest BCUT2D eigenvalue weighted by Crippen LogP contribution is -2.43. The molecule has 0 fully saturated rings. The van der Waals surface area contributed by atoms with Crippen molar-refractivity contribution in [1.29, 1.82) is 0 Å². The van der Waals surface area contributed by atoms with Gasteiger partial charge in [-0.1, -0.05) is 19.9 Å². The Morgan fingerprint density at radius 1 is 1.21 bits per heavy atom. The van der Waals surface area contributed by atoms with Crippen LogP contribution in [-0.4, -0.2) is 23.0 Å². The summed E-state index contributed by atoms with van der Waals surface area (Å²) >= 11 is 0. The standard InChI is InChI=1S/C14H20N2O3/c1-11(2)10-12(14(18)19)15-13(17)6-9-16-7-4-3-5-8-16/h3-5,7-8,11-12H,6,9-10H2,1-2H3,(H-,15,17,18,19)/p+1. The van der Waals surface area contributed by atoms with Crippen molar-refractivity contribution in [3.05, 3.63) is 30.6 Å². The fourth-order valence-corrected chi connectivity index (χ4v) is 1.77. The number of aryl methyl sites for hydroxylation is 1. The van der Waals surface area contributed by atoms with Crippen LogP contribution in [0, 0.1) is 5.92 Å². The van der Waals surface area contributed by atoms with Crippen LogP contribution >= 0.6 is 0 Å². The van der Waals surface area contributed by atoms with Crippen molar-refractivity contribution in [1.82, 2.24) is 5.32 Å². The minimum absolute atomic E-state index is 0.227. The monoisotopic (exact) mass is 265 g/mol. The molecule has 0 saturated heterocycles. The molecule has 19 heavy (non-hydrogen) atoms. The van der Waals surface area contributed by atoms with Gasteiger partial charge in [0.2, 0.25) is 5.91 Å². The van der Waals surface area contributed by atoms with E-state index in [1.165, 1.54) is 0 Å². The quantitative estimate of drug-likeness (QED) is 0.722. The number of rotatable bonds is 7. The number of pyridine rings is 1. The smallest absolute Gasteiger partial charge is 0.326 e. The zero-order valence-electron chi connectivity index (χ0n) is 11.4. The average Bonchev–Trinajstić information content (AvgIpc) is 2.36. The summed E-state index contributed by atoms with van der Waals surface area (Å²) in [4.78, 5) is 22.7. The molecule has 0 aliphatic carbocycles. The Morgan fingerprint density at radius 3 is 2.37 bits per heavy atom. The molecule has 2 N–H and O–H groups in total. The normalized spacial score (nSPS) is 12.2. The van der Waals surface area contributed by atoms with Crippen LogP contribution in [0.15, 0.2) is 30.6 Å². The van der Waals surface area contributed by atoms with Gasteiger partial charge in [-0.05, 0) is 12.3 Å². The number of hydrogen-bond acceptors (Lipinski definition) is 2. The maximum absolute atomic E-state index is 11.7. The van der Waals surface area contributed by atoms with Crippen LogP contribution in [0.2, 0.25) is 0 Å². The van der Waals surface area contributed by atoms with Gasteiger partial charge in [0, 0.05) is 12.1 Å². The maximum atomic E-state index is 11.7. The number of amides is 1. The third-order valence-electron chi connectivity index (χ3n) is 2.71. The number of carboxylic acids is 1. The molecule has 0 saturated carbocycles. The number of nitrogens with zero attached hydrogens (tertiary/aromatic N) is 1. The van der Waals surface area contributed by atoms with E-state index in [1.807, 2.05) is 49.0 Å². The largest absolute Gasteiger partial charge is 0.480 e. The summed E-state index contributed by atoms with van der Waals surface area (Å²) in [5.74, 6) is -0.983. The molecule has 1 unspecified atom stereocenters. The molecule has 1 atom stereocenters. The van der Waals surface area contributed by atoms with Crippen molar-refractivity contribution in [3.63, 3.8) is 0 Å². The molecule has 1 aromatic heterocycles. The van der Waals surface area contributed by atoms with E-state index in [0.717, 1.165) is 0 Å². The van der Waals surface area contributed by atoms with Crippen LogP contribution in [-0.2, 0) is 16.1 Å². The number of carboxylic acid groups (broad SMARTS) is 1. The fourth-order valence-electron chi connectivity index (χ4n) is 1.77. The van der Waals surface area contributed by atoms with Crippen molar-refractivity contribution in [3.8, 4) is 0 Å². The van der Waals surface area contributed by atoms with E-state index in [0.29, 0.717) is 13.0 Å². The summed E-state index contributed by atoms with van der Waals surface area (Å²) in [7, 11) is 0. The molecule has 5 heteroatoms. The molecule has 0 aliphatic rings. The SMILES string of the molecule is CC(C)CC(NC(=O)CC[n+]1ccccc1)C(=O)O. The van der Waals surface area contributed by atoms with Crippen molar-refractivity contribution in [2.24, 2.45) is 5.92 Å². The van der Waals surface area contributed by atoms with Crippen molar-refractivity contribution in [2.45, 2.75) is 39.3 Å². The zero-order chi connectivity index (χ0) is 14.3. The van der Waals surface area contributed by atoms with Gasteiger partial charge in [0.1, 0.15) is 6.04 Å². The van der Waals surface area contributed by atoms with Gasteiger partial charge in [-0.25, -0.2) is 9.36 Å². The van der Waals surface area contributed by atoms with Gasteiger partial charge >= 0.3 is 5.97 Å². The van der Waals surface area contributed by atoms with E-state index in [9.17, 15) is 9.59 Å². The van der Waals surface area contributed by atoms with Gasteiger partial charge in [0.25, 0.3) is 0 Å². The molecule has 1 aromatic rings. The van der Waals surface area contributed by atoms with Crippen LogP contribution in [0.5, 0.6) is 0 Å². The second-order valence-electron chi connectivity index (χ2n) is 4.95. The molecule has 1 rings (SSSR count). The predicted octanol–water partition coefficient (Wildman–Crippen LogP) is 0.980. The molecule has 0 radical (unpaired) electrons. The summed E-state index contributed by atoms with van der Waals surface area (Å²) in [6.07, 6.45) is 4.46. The van der Waals surface area contributed by atoms with E-state index >= 15 is 0 Å². The second kappa shape index (κ2) is 7.51. The molecular formula is C14H21N2O3+. The number of carbonyl (C=O) groups excluding carboxylic acids is 1. The summed E-state index contributed by atoms with van der Waals surface area (Å²) < 4.78 is 1.89. The number of aromatic nitrogens is 1. The van der Waals surface area contributed by atoms with Crippen LogP contribution < -0.4 is 9.88 Å². The minimum Gasteiger partial charge on any atom is -0.480 e. The molecule has 0 aromatic carbocycles. The molecule has 1 amide bonds. The van der Waals surface area contributed by atoms with Crippen molar-refractivity contribution < 1.29 is 19.3 Å². The van der Waals surface area contributed by atoms with E-state index in [2.05, 4.69) is 5.32 Å². The average molecular weight is 265 g/mol. The topological polar surface area (TPSA) is 70.3 Å². The first kappa shape index (κ1) is 15.1. The number of carbonyl (C=O) groups is 2. The van der Waals surface area contributed by atoms with Gasteiger partial charge in [0.05, 0.1) is 6.42 Å². The summed E-state index contributed by atoms with van der Waals surface area (Å²) in [6.45, 7) is 4.41. The van der Waals surface area contributed by atoms with E-state index in [4.69, 9.17) is 5.11 Å². The molecule has 1 heterocycles. The zero-order valence-corrected chi connectivity index (χ0v) is 11.4. The third-order valence-corrected chi connectivity index (χ3v) is 2.71. The maximum Gasteiger partial charge on any atom is 0.326 e. The fraction of sp³-hybridized carbons (Fsp3) is 0.500. The number of hydrogen-bond donors (Lipinski definition) is 2. The highest BCUT2D eigenvalue weighted by Crippen LogP contribution is 2.05. The highest BCUT2D eigenvalue weighted by molar-refractivity contribution is 5.83. The molecule has 0 spiro atoms. The lowest BCUT2D eigenvalue weighted by Gasteiger charge is -2.15. The van der Waals surface area contributed by atoms with Gasteiger partial charge in [0.15, 0.2) is 18.9 Å². The summed E-state index contributed by atoms with van der Waals surface area (Å²) in [6, 6.07) is 4.88. The Morgan fingerprint density at radius 2 is 1.84 bits per heavy atom. The first-order valence-corrected chi connectivity index (χ1v) is 6.45. The lowest BCUT2D eigenvalue weighted by atomic mass is 10.0. The van der Waals surface area contributed by atoms with Crippen LogP contribution in [0.4, 0.5) is 0 Å². The number of aliphatic carboxylic acids is 1. The summed E-state index contributed by atoms with van der Waals surface area (Å²) in [5.41, 5.74) is 0. The van der Waals surface area contributed by atoms with Crippen LogP contribution in [0.3, 0.4) is 0 Å². The van der Waals surface area contributed by atoms with Gasteiger partial charge in [-0.15, -0.1) is 0 Å². The predicted molar refractivity (Wildman–Crippen MR) is 70.3 cm³/mol. The van der Waals surface area contributed by atoms with Gasteiger partial charge < -0.3 is 10.4 Å². The van der Waals surface area contributed by atoms with E-state index in [1.54, 1.807) is 0 Å². The third kappa shape index (κ3) is 5.99. The highest BCUT2D eigenvalue weighted by atomic mass is 16.4. The Balaban J connectivity index is 2.42. The first-order valence-electron chi connectivity index (χ1n) is 6.45. The minimum atomic E-state index is -0.977. The summed E-state index contributed by atoms with van der Waals surface area (Å²) in [5, 5.41) is 11.6. The first-order chi connectivity index (χ1) is 8.99. The molecule has 0 bridgehead atoms. The molecule has 104 valence electrons. The second-order valence-corrected chi connectivity index (χ2v) is 4.95. The Bertz CT molecular complexity index is 418. The Kier molecular flexibility index (Phi) is 5.99. The highest BCUT2D eigenvalue weighted by Gasteiger charge is 2.21. The van der Waals surface area contributed by atoms with E-state index < -0.39 is 12.0 Å². The van der Waals surface area contributed by atoms with Crippen LogP contribution in [0.25, 0.3) is 0 Å². The van der Waals surface area contributed by atoms with Gasteiger partial charge in [-0.2, -0.15) is 0 Å². The van der Waals surface area contributed by atoms with Gasteiger partial charge in [-0.3, -0.25) is 4.79 Å². The van der Waals surface area contributed by atoms with Crippen LogP contribution in [0.1, 0.15) is 26.7 Å². The van der Waals surface area contributed by atoms with Crippen molar-refractivity contribution >= 4 is 11.9 Å². The molecule has 0 aliphatic heterocycles. The Labute approximate surface area is 113 Å². The number of nitrogens with one attached hydrogen (secondary N) is 1.